The van der Waals surface area contributed by atoms with Crippen LogP contribution in [-0.4, -0.2) is 29.7 Å². The van der Waals surface area contributed by atoms with Crippen molar-refractivity contribution in [2.75, 3.05) is 24.0 Å². The highest BCUT2D eigenvalue weighted by molar-refractivity contribution is 9.10. The third kappa shape index (κ3) is 4.34. The lowest BCUT2D eigenvalue weighted by Crippen LogP contribution is -2.38. The average Bonchev–Trinajstić information content (AvgIpc) is 3.45. The molecule has 0 N–H and O–H groups in total. The van der Waals surface area contributed by atoms with Crippen molar-refractivity contribution in [3.8, 4) is 0 Å². The molecule has 0 radical (unpaired) electrons. The normalized spacial score (nSPS) is 18.7. The molecule has 2 aromatic carbocycles. The molecule has 0 atom stereocenters. The number of carbonyl (C=O) groups is 1. The van der Waals surface area contributed by atoms with Crippen LogP contribution in [0.4, 0.5) is 5.69 Å². The summed E-state index contributed by atoms with van der Waals surface area (Å²) in [4.78, 5) is 15.4. The van der Waals surface area contributed by atoms with E-state index >= 15 is 0 Å². The van der Waals surface area contributed by atoms with Gasteiger partial charge in [0.25, 0.3) is 5.91 Å². The molecule has 2 aliphatic rings. The Morgan fingerprint density at radius 3 is 2.52 bits per heavy atom. The molecule has 1 aliphatic heterocycles. The number of hydrogen-bond acceptors (Lipinski definition) is 2. The predicted octanol–water partition coefficient (Wildman–Crippen LogP) is 7.00. The summed E-state index contributed by atoms with van der Waals surface area (Å²) in [6.07, 6.45) is 7.81. The molecule has 0 unspecified atom stereocenters. The van der Waals surface area contributed by atoms with E-state index in [0.717, 1.165) is 27.7 Å². The van der Waals surface area contributed by atoms with Crippen molar-refractivity contribution in [3.63, 3.8) is 0 Å². The fourth-order valence-electron chi connectivity index (χ4n) is 3.90. The van der Waals surface area contributed by atoms with Crippen molar-refractivity contribution in [3.05, 3.63) is 63.1 Å². The van der Waals surface area contributed by atoms with Crippen LogP contribution < -0.4 is 4.90 Å². The Morgan fingerprint density at radius 2 is 1.87 bits per heavy atom. The number of hydrogen-bond donors (Lipinski definition) is 0. The lowest BCUT2D eigenvalue weighted by atomic mass is 9.90. The summed E-state index contributed by atoms with van der Waals surface area (Å²) < 4.78 is 7.55. The van der Waals surface area contributed by atoms with Gasteiger partial charge >= 0.3 is 0 Å². The zero-order valence-electron chi connectivity index (χ0n) is 19.5. The van der Waals surface area contributed by atoms with Gasteiger partial charge in [0.05, 0.1) is 12.3 Å². The maximum atomic E-state index is 13.5. The number of benzene rings is 2. The van der Waals surface area contributed by atoms with E-state index in [4.69, 9.17) is 4.18 Å². The Morgan fingerprint density at radius 1 is 1.16 bits per heavy atom. The van der Waals surface area contributed by atoms with Gasteiger partial charge in [0, 0.05) is 26.9 Å². The number of anilines is 1. The largest absolute Gasteiger partial charge is 0.332 e. The van der Waals surface area contributed by atoms with Gasteiger partial charge in [-0.25, -0.2) is 0 Å². The molecule has 1 heterocycles. The van der Waals surface area contributed by atoms with Gasteiger partial charge in [-0.05, 0) is 66.5 Å². The van der Waals surface area contributed by atoms with E-state index in [9.17, 15) is 4.79 Å². The van der Waals surface area contributed by atoms with Crippen LogP contribution in [0.3, 0.4) is 0 Å². The molecule has 0 saturated heterocycles. The molecule has 1 amide bonds. The summed E-state index contributed by atoms with van der Waals surface area (Å²) >= 11 is 3.71. The van der Waals surface area contributed by atoms with Gasteiger partial charge < -0.3 is 9.08 Å². The third-order valence-electron chi connectivity index (χ3n) is 7.24. The Bertz CT molecular complexity index is 1020. The standard InChI is InChI=1S/C26H34BrNO2S/c1-25(2,3)31(5,6)30-17-21-22(27)8-7-9-23(21)28-15-12-18-16-19(26(4)13-14-26)10-11-20(18)24(28)29/h7-11,16H,12-15,17H2,1-6H3. The number of amides is 1. The fourth-order valence-corrected chi connectivity index (χ4v) is 5.13. The number of carbonyl (C=O) groups excluding carboxylic acids is 1. The van der Waals surface area contributed by atoms with Crippen LogP contribution >= 0.6 is 26.2 Å². The van der Waals surface area contributed by atoms with E-state index in [1.54, 1.807) is 0 Å². The first-order valence-electron chi connectivity index (χ1n) is 11.0. The van der Waals surface area contributed by atoms with Crippen LogP contribution in [0.2, 0.25) is 0 Å². The summed E-state index contributed by atoms with van der Waals surface area (Å²) in [5.41, 5.74) is 5.74. The number of nitrogens with zero attached hydrogens (tertiary/aromatic N) is 1. The Labute approximate surface area is 197 Å². The van der Waals surface area contributed by atoms with Crippen LogP contribution in [0, 0.1) is 0 Å². The molecule has 1 fully saturated rings. The van der Waals surface area contributed by atoms with Gasteiger partial charge in [-0.15, -0.1) is 10.3 Å². The van der Waals surface area contributed by atoms with E-state index in [2.05, 4.69) is 68.3 Å². The molecule has 0 spiro atoms. The second-order valence-electron chi connectivity index (χ2n) is 10.5. The molecule has 1 saturated carbocycles. The average molecular weight is 505 g/mol. The topological polar surface area (TPSA) is 29.5 Å². The molecule has 1 aliphatic carbocycles. The zero-order valence-corrected chi connectivity index (χ0v) is 22.0. The number of fused-ring (bicyclic) bond motifs is 1. The molecule has 5 heteroatoms. The van der Waals surface area contributed by atoms with Crippen LogP contribution in [0.1, 0.15) is 67.6 Å². The van der Waals surface area contributed by atoms with E-state index in [-0.39, 0.29) is 10.7 Å². The van der Waals surface area contributed by atoms with Crippen molar-refractivity contribution >= 4 is 37.8 Å². The van der Waals surface area contributed by atoms with Gasteiger partial charge in [0.15, 0.2) is 0 Å². The van der Waals surface area contributed by atoms with Gasteiger partial charge in [0.1, 0.15) is 0 Å². The van der Waals surface area contributed by atoms with Crippen molar-refractivity contribution in [2.24, 2.45) is 0 Å². The molecule has 4 rings (SSSR count). The zero-order chi connectivity index (χ0) is 22.6. The molecule has 0 bridgehead atoms. The van der Waals surface area contributed by atoms with Crippen LogP contribution in [0.25, 0.3) is 0 Å². The maximum Gasteiger partial charge on any atom is 0.258 e. The molecule has 168 valence electrons. The molecule has 0 aromatic heterocycles. The van der Waals surface area contributed by atoms with Crippen molar-refractivity contribution < 1.29 is 8.98 Å². The second-order valence-corrected chi connectivity index (χ2v) is 15.3. The first-order valence-corrected chi connectivity index (χ1v) is 14.2. The minimum atomic E-state index is -1.26. The molecular formula is C26H34BrNO2S. The lowest BCUT2D eigenvalue weighted by molar-refractivity contribution is 0.0980. The summed E-state index contributed by atoms with van der Waals surface area (Å²) in [6.45, 7) is 10.2. The molecule has 3 nitrogen and oxygen atoms in total. The van der Waals surface area contributed by atoms with E-state index < -0.39 is 10.3 Å². The minimum absolute atomic E-state index is 0.0875. The van der Waals surface area contributed by atoms with Gasteiger partial charge in [0.2, 0.25) is 0 Å². The number of rotatable bonds is 5. The minimum Gasteiger partial charge on any atom is -0.332 e. The van der Waals surface area contributed by atoms with Crippen molar-refractivity contribution in [2.45, 2.75) is 63.7 Å². The van der Waals surface area contributed by atoms with Crippen LogP contribution in [0.15, 0.2) is 40.9 Å². The highest BCUT2D eigenvalue weighted by Crippen LogP contribution is 2.54. The fraction of sp³-hybridized carbons (Fsp3) is 0.500. The Hall–Kier alpha value is -1.30. The highest BCUT2D eigenvalue weighted by atomic mass is 79.9. The van der Waals surface area contributed by atoms with Crippen LogP contribution in [-0.2, 0) is 22.6 Å². The SMILES string of the molecule is CC1(c2ccc3c(c2)CCN(c2cccc(Br)c2COS(C)(C)C(C)(C)C)C3=O)CC1. The highest BCUT2D eigenvalue weighted by Gasteiger charge is 2.40. The van der Waals surface area contributed by atoms with Gasteiger partial charge in [-0.1, -0.05) is 61.8 Å². The van der Waals surface area contributed by atoms with Gasteiger partial charge in [-0.3, -0.25) is 4.79 Å². The second kappa shape index (κ2) is 7.93. The Balaban J connectivity index is 1.62. The van der Waals surface area contributed by atoms with E-state index in [1.165, 1.54) is 24.0 Å². The predicted molar refractivity (Wildman–Crippen MR) is 137 cm³/mol. The van der Waals surface area contributed by atoms with E-state index in [0.29, 0.717) is 18.6 Å². The quantitative estimate of drug-likeness (QED) is 0.439. The van der Waals surface area contributed by atoms with Crippen molar-refractivity contribution in [1.82, 2.24) is 0 Å². The van der Waals surface area contributed by atoms with Gasteiger partial charge in [-0.2, -0.15) is 0 Å². The van der Waals surface area contributed by atoms with E-state index in [1.807, 2.05) is 29.2 Å². The lowest BCUT2D eigenvalue weighted by Gasteiger charge is -2.44. The maximum absolute atomic E-state index is 13.5. The first-order chi connectivity index (χ1) is 14.4. The van der Waals surface area contributed by atoms with Crippen molar-refractivity contribution in [1.29, 1.82) is 0 Å². The summed E-state index contributed by atoms with van der Waals surface area (Å²) in [5, 5.41) is 0. The summed E-state index contributed by atoms with van der Waals surface area (Å²) in [6, 6.07) is 12.6. The third-order valence-corrected chi connectivity index (χ3v) is 11.6. The summed E-state index contributed by atoms with van der Waals surface area (Å²) in [7, 11) is -1.26. The Kier molecular flexibility index (Phi) is 5.85. The van der Waals surface area contributed by atoms with Crippen LogP contribution in [0.5, 0.6) is 0 Å². The molecule has 2 aromatic rings. The molecular weight excluding hydrogens is 470 g/mol. The first kappa shape index (κ1) is 22.9. The summed E-state index contributed by atoms with van der Waals surface area (Å²) in [5.74, 6) is 0.0931. The monoisotopic (exact) mass is 503 g/mol. The number of halogens is 1. The molecule has 31 heavy (non-hydrogen) atoms. The smallest absolute Gasteiger partial charge is 0.258 e.